The van der Waals surface area contributed by atoms with Crippen molar-refractivity contribution in [2.24, 2.45) is 0 Å². The fourth-order valence-corrected chi connectivity index (χ4v) is 4.34. The maximum absolute atomic E-state index is 13.6. The van der Waals surface area contributed by atoms with Gasteiger partial charge in [0.2, 0.25) is 5.91 Å². The number of carbonyl (C=O) groups excluding carboxylic acids is 2. The van der Waals surface area contributed by atoms with E-state index in [0.717, 1.165) is 15.6 Å². The molecule has 0 heterocycles. The molecule has 190 valence electrons. The van der Waals surface area contributed by atoms with Crippen LogP contribution in [0.3, 0.4) is 0 Å². The number of ether oxygens (including phenoxy) is 1. The van der Waals surface area contributed by atoms with E-state index in [9.17, 15) is 9.59 Å². The van der Waals surface area contributed by atoms with Gasteiger partial charge in [-0.15, -0.1) is 0 Å². The van der Waals surface area contributed by atoms with Crippen molar-refractivity contribution in [2.75, 3.05) is 6.61 Å². The normalized spacial score (nSPS) is 12.1. The van der Waals surface area contributed by atoms with E-state index in [0.29, 0.717) is 22.2 Å². The van der Waals surface area contributed by atoms with Gasteiger partial charge in [-0.3, -0.25) is 9.59 Å². The zero-order valence-electron chi connectivity index (χ0n) is 20.4. The van der Waals surface area contributed by atoms with Gasteiger partial charge < -0.3 is 15.0 Å². The largest absolute Gasteiger partial charge is 0.482 e. The molecule has 3 aromatic rings. The average Bonchev–Trinajstić information content (AvgIpc) is 2.81. The molecular weight excluding hydrogens is 563 g/mol. The Balaban J connectivity index is 1.93. The molecule has 1 atom stereocenters. The van der Waals surface area contributed by atoms with E-state index < -0.39 is 11.6 Å². The number of amides is 2. The number of hydrogen-bond donors (Lipinski definition) is 1. The molecule has 3 rings (SSSR count). The first kappa shape index (κ1) is 28.0. The Morgan fingerprint density at radius 2 is 1.64 bits per heavy atom. The number of halogens is 3. The Hall–Kier alpha value is -2.54. The second-order valence-corrected chi connectivity index (χ2v) is 11.2. The van der Waals surface area contributed by atoms with Crippen LogP contribution in [0.4, 0.5) is 0 Å². The van der Waals surface area contributed by atoms with Gasteiger partial charge in [0.1, 0.15) is 11.8 Å². The lowest BCUT2D eigenvalue weighted by Crippen LogP contribution is -2.55. The maximum Gasteiger partial charge on any atom is 0.261 e. The van der Waals surface area contributed by atoms with Crippen LogP contribution in [0.25, 0.3) is 0 Å². The Morgan fingerprint density at radius 1 is 0.972 bits per heavy atom. The molecule has 0 bridgehead atoms. The summed E-state index contributed by atoms with van der Waals surface area (Å²) in [7, 11) is 0. The fraction of sp³-hybridized carbons (Fsp3) is 0.286. The van der Waals surface area contributed by atoms with Crippen molar-refractivity contribution in [1.29, 1.82) is 0 Å². The molecule has 0 saturated carbocycles. The van der Waals surface area contributed by atoms with E-state index >= 15 is 0 Å². The van der Waals surface area contributed by atoms with E-state index in [-0.39, 0.29) is 25.0 Å². The van der Waals surface area contributed by atoms with Gasteiger partial charge in [-0.2, -0.15) is 0 Å². The third-order valence-electron chi connectivity index (χ3n) is 5.28. The van der Waals surface area contributed by atoms with Gasteiger partial charge in [0.15, 0.2) is 6.61 Å². The summed E-state index contributed by atoms with van der Waals surface area (Å²) in [4.78, 5) is 28.7. The number of carbonyl (C=O) groups is 2. The molecule has 8 heteroatoms. The Labute approximate surface area is 230 Å². The molecule has 3 aromatic carbocycles. The molecule has 0 aliphatic rings. The van der Waals surface area contributed by atoms with Gasteiger partial charge in [-0.1, -0.05) is 81.6 Å². The van der Waals surface area contributed by atoms with Gasteiger partial charge >= 0.3 is 0 Å². The van der Waals surface area contributed by atoms with Crippen LogP contribution in [0.5, 0.6) is 5.75 Å². The minimum atomic E-state index is -0.757. The highest BCUT2D eigenvalue weighted by molar-refractivity contribution is 9.10. The van der Waals surface area contributed by atoms with Crippen LogP contribution in [-0.2, 0) is 22.6 Å². The van der Waals surface area contributed by atoms with Crippen molar-refractivity contribution in [3.63, 3.8) is 0 Å². The van der Waals surface area contributed by atoms with Crippen molar-refractivity contribution in [3.05, 3.63) is 98.4 Å². The topological polar surface area (TPSA) is 58.6 Å². The summed E-state index contributed by atoms with van der Waals surface area (Å²) in [5, 5.41) is 3.82. The summed E-state index contributed by atoms with van der Waals surface area (Å²) in [6.07, 6.45) is 0.354. The molecule has 0 unspecified atom stereocenters. The van der Waals surface area contributed by atoms with Gasteiger partial charge in [-0.05, 0) is 62.2 Å². The van der Waals surface area contributed by atoms with Gasteiger partial charge in [-0.25, -0.2) is 0 Å². The summed E-state index contributed by atoms with van der Waals surface area (Å²) in [5.41, 5.74) is 1.37. The van der Waals surface area contributed by atoms with Crippen LogP contribution in [-0.4, -0.2) is 34.9 Å². The van der Waals surface area contributed by atoms with E-state index in [2.05, 4.69) is 21.2 Å². The summed E-state index contributed by atoms with van der Waals surface area (Å²) < 4.78 is 6.68. The van der Waals surface area contributed by atoms with E-state index in [1.165, 1.54) is 0 Å². The highest BCUT2D eigenvalue weighted by Crippen LogP contribution is 2.28. The van der Waals surface area contributed by atoms with Gasteiger partial charge in [0.25, 0.3) is 5.91 Å². The highest BCUT2D eigenvalue weighted by Gasteiger charge is 2.32. The maximum atomic E-state index is 13.6. The second kappa shape index (κ2) is 12.6. The van der Waals surface area contributed by atoms with Crippen LogP contribution in [0.2, 0.25) is 10.0 Å². The van der Waals surface area contributed by atoms with E-state index in [1.807, 2.05) is 75.4 Å². The van der Waals surface area contributed by atoms with Crippen molar-refractivity contribution in [3.8, 4) is 5.75 Å². The average molecular weight is 592 g/mol. The molecule has 5 nitrogen and oxygen atoms in total. The van der Waals surface area contributed by atoms with Crippen LogP contribution >= 0.6 is 39.1 Å². The third kappa shape index (κ3) is 8.54. The molecule has 2 amide bonds. The quantitative estimate of drug-likeness (QED) is 0.302. The molecule has 0 aliphatic heterocycles. The SMILES string of the molecule is CC(C)(C)NC(=O)[C@@H](Cc1ccccc1)N(Cc1ccc(Br)cc1)C(=O)COc1ccc(Cl)cc1Cl. The van der Waals surface area contributed by atoms with E-state index in [1.54, 1.807) is 23.1 Å². The molecule has 0 spiro atoms. The Morgan fingerprint density at radius 3 is 2.25 bits per heavy atom. The van der Waals surface area contributed by atoms with Gasteiger partial charge in [0, 0.05) is 28.0 Å². The number of rotatable bonds is 9. The number of benzene rings is 3. The summed E-state index contributed by atoms with van der Waals surface area (Å²) in [5.74, 6) is -0.230. The summed E-state index contributed by atoms with van der Waals surface area (Å²) in [6.45, 7) is 5.69. The minimum Gasteiger partial charge on any atom is -0.482 e. The number of nitrogens with one attached hydrogen (secondary N) is 1. The molecule has 0 saturated heterocycles. The third-order valence-corrected chi connectivity index (χ3v) is 6.34. The Bertz CT molecular complexity index is 1180. The first-order valence-corrected chi connectivity index (χ1v) is 13.0. The lowest BCUT2D eigenvalue weighted by Gasteiger charge is -2.33. The second-order valence-electron chi connectivity index (χ2n) is 9.46. The monoisotopic (exact) mass is 590 g/mol. The summed E-state index contributed by atoms with van der Waals surface area (Å²) in [6, 6.07) is 21.4. The predicted octanol–water partition coefficient (Wildman–Crippen LogP) is 6.69. The van der Waals surface area contributed by atoms with Crippen LogP contribution in [0.1, 0.15) is 31.9 Å². The smallest absolute Gasteiger partial charge is 0.261 e. The van der Waals surface area contributed by atoms with Crippen LogP contribution in [0.15, 0.2) is 77.3 Å². The van der Waals surface area contributed by atoms with Crippen LogP contribution in [0, 0.1) is 0 Å². The zero-order chi connectivity index (χ0) is 26.3. The molecule has 36 heavy (non-hydrogen) atoms. The molecular formula is C28H29BrCl2N2O3. The molecule has 1 N–H and O–H groups in total. The fourth-order valence-electron chi connectivity index (χ4n) is 3.61. The Kier molecular flexibility index (Phi) is 9.83. The molecule has 0 aliphatic carbocycles. The van der Waals surface area contributed by atoms with Gasteiger partial charge in [0.05, 0.1) is 5.02 Å². The first-order chi connectivity index (χ1) is 17.0. The van der Waals surface area contributed by atoms with Crippen molar-refractivity contribution < 1.29 is 14.3 Å². The van der Waals surface area contributed by atoms with Crippen molar-refractivity contribution >= 4 is 50.9 Å². The molecule has 0 radical (unpaired) electrons. The minimum absolute atomic E-state index is 0.235. The lowest BCUT2D eigenvalue weighted by atomic mass is 10.0. The highest BCUT2D eigenvalue weighted by atomic mass is 79.9. The van der Waals surface area contributed by atoms with Crippen LogP contribution < -0.4 is 10.1 Å². The molecule has 0 fully saturated rings. The standard InChI is InChI=1S/C28H29BrCl2N2O3/c1-28(2,3)32-27(35)24(15-19-7-5-4-6-8-19)33(17-20-9-11-21(29)12-10-20)26(34)18-36-25-14-13-22(30)16-23(25)31/h4-14,16,24H,15,17-18H2,1-3H3,(H,32,35)/t24-/m1/s1. The lowest BCUT2D eigenvalue weighted by molar-refractivity contribution is -0.143. The number of hydrogen-bond acceptors (Lipinski definition) is 3. The summed E-state index contributed by atoms with van der Waals surface area (Å²) >= 11 is 15.6. The van der Waals surface area contributed by atoms with Crippen molar-refractivity contribution in [1.82, 2.24) is 10.2 Å². The van der Waals surface area contributed by atoms with Crippen molar-refractivity contribution in [2.45, 2.75) is 45.3 Å². The molecule has 0 aromatic heterocycles. The van der Waals surface area contributed by atoms with E-state index in [4.69, 9.17) is 27.9 Å². The zero-order valence-corrected chi connectivity index (χ0v) is 23.5. The first-order valence-electron chi connectivity index (χ1n) is 11.5. The number of nitrogens with zero attached hydrogens (tertiary/aromatic N) is 1. The predicted molar refractivity (Wildman–Crippen MR) is 148 cm³/mol.